The lowest BCUT2D eigenvalue weighted by molar-refractivity contribution is -0.130. The van der Waals surface area contributed by atoms with Gasteiger partial charge in [0.1, 0.15) is 11.6 Å². The van der Waals surface area contributed by atoms with Crippen molar-refractivity contribution >= 4 is 51.5 Å². The number of hydrogen-bond acceptors (Lipinski definition) is 6. The Kier molecular flexibility index (Phi) is 6.27. The van der Waals surface area contributed by atoms with E-state index in [-0.39, 0.29) is 35.1 Å². The minimum absolute atomic E-state index is 0.00514. The number of amides is 2. The van der Waals surface area contributed by atoms with Crippen molar-refractivity contribution in [2.24, 2.45) is 4.99 Å². The van der Waals surface area contributed by atoms with Gasteiger partial charge in [-0.15, -0.1) is 11.6 Å². The third kappa shape index (κ3) is 4.40. The van der Waals surface area contributed by atoms with Crippen molar-refractivity contribution in [3.05, 3.63) is 59.2 Å². The summed E-state index contributed by atoms with van der Waals surface area (Å²) < 4.78 is 0. The number of carbonyl (C=O) groups excluding carboxylic acids is 3. The molecule has 2 amide bonds. The first-order valence-electron chi connectivity index (χ1n) is 11.4. The number of rotatable bonds is 6. The highest BCUT2D eigenvalue weighted by atomic mass is 35.5. The molecular formula is C25H24ClN5O4. The monoisotopic (exact) mass is 493 g/mol. The zero-order valence-corrected chi connectivity index (χ0v) is 19.6. The lowest BCUT2D eigenvalue weighted by Crippen LogP contribution is -2.50. The van der Waals surface area contributed by atoms with Gasteiger partial charge in [-0.1, -0.05) is 18.2 Å². The van der Waals surface area contributed by atoms with E-state index in [2.05, 4.69) is 20.2 Å². The molecule has 3 aromatic rings. The Morgan fingerprint density at radius 1 is 1.11 bits per heavy atom. The summed E-state index contributed by atoms with van der Waals surface area (Å²) in [4.78, 5) is 48.8. The van der Waals surface area contributed by atoms with Gasteiger partial charge in [-0.25, -0.2) is 4.99 Å². The number of piperazine rings is 1. The number of nitrogens with one attached hydrogen (secondary N) is 2. The molecule has 35 heavy (non-hydrogen) atoms. The molecule has 3 heterocycles. The maximum atomic E-state index is 13.2. The first kappa shape index (κ1) is 23.1. The fourth-order valence-electron chi connectivity index (χ4n) is 4.53. The second kappa shape index (κ2) is 9.52. The van der Waals surface area contributed by atoms with Crippen LogP contribution in [0.3, 0.4) is 0 Å². The third-order valence-corrected chi connectivity index (χ3v) is 6.66. The molecule has 2 aromatic carbocycles. The number of aliphatic imine (C=N–C) groups is 1. The Bertz CT molecular complexity index is 1360. The molecule has 2 aliphatic rings. The zero-order valence-electron chi connectivity index (χ0n) is 18.9. The zero-order chi connectivity index (χ0) is 24.5. The van der Waals surface area contributed by atoms with Gasteiger partial charge in [0.25, 0.3) is 5.91 Å². The summed E-state index contributed by atoms with van der Waals surface area (Å²) >= 11 is 5.61. The third-order valence-electron chi connectivity index (χ3n) is 6.43. The van der Waals surface area contributed by atoms with E-state index < -0.39 is 0 Å². The number of fused-ring (bicyclic) bond motifs is 2. The number of hydrogen-bond donors (Lipinski definition) is 3. The van der Waals surface area contributed by atoms with Gasteiger partial charge < -0.3 is 20.3 Å². The molecule has 2 aliphatic heterocycles. The maximum Gasteiger partial charge on any atom is 0.251 e. The van der Waals surface area contributed by atoms with Crippen LogP contribution in [0.4, 0.5) is 5.69 Å². The largest absolute Gasteiger partial charge is 0.494 e. The number of H-pyrrole nitrogens is 1. The molecule has 10 heteroatoms. The van der Waals surface area contributed by atoms with Crippen LogP contribution in [0.5, 0.6) is 5.88 Å². The number of benzene rings is 2. The average molecular weight is 494 g/mol. The molecule has 180 valence electrons. The van der Waals surface area contributed by atoms with Crippen LogP contribution < -0.4 is 5.32 Å². The fraction of sp³-hybridized carbons (Fsp3) is 0.280. The van der Waals surface area contributed by atoms with Gasteiger partial charge in [-0.2, -0.15) is 0 Å². The summed E-state index contributed by atoms with van der Waals surface area (Å²) in [5, 5.41) is 14.0. The summed E-state index contributed by atoms with van der Waals surface area (Å²) in [6, 6.07) is 12.1. The number of halogens is 1. The normalized spacial score (nSPS) is 15.9. The number of alkyl halides is 1. The molecule has 0 radical (unpaired) electrons. The van der Waals surface area contributed by atoms with E-state index in [0.29, 0.717) is 59.5 Å². The molecule has 5 rings (SSSR count). The number of Topliss-reactive ketones (excluding diaryl/α,β-unsaturated/α-hetero) is 1. The van der Waals surface area contributed by atoms with Gasteiger partial charge in [0.2, 0.25) is 11.7 Å². The Balaban J connectivity index is 1.22. The summed E-state index contributed by atoms with van der Waals surface area (Å²) in [5.41, 5.74) is 2.39. The summed E-state index contributed by atoms with van der Waals surface area (Å²) in [5.74, 6) is -0.789. The quantitative estimate of drug-likeness (QED) is 0.455. The van der Waals surface area contributed by atoms with E-state index in [4.69, 9.17) is 11.6 Å². The first-order chi connectivity index (χ1) is 17.0. The van der Waals surface area contributed by atoms with Crippen LogP contribution in [-0.2, 0) is 4.79 Å². The maximum absolute atomic E-state index is 13.2. The van der Waals surface area contributed by atoms with E-state index >= 15 is 0 Å². The van der Waals surface area contributed by atoms with E-state index in [0.717, 1.165) is 13.1 Å². The van der Waals surface area contributed by atoms with Gasteiger partial charge in [-0.3, -0.25) is 19.3 Å². The van der Waals surface area contributed by atoms with Gasteiger partial charge >= 0.3 is 0 Å². The van der Waals surface area contributed by atoms with E-state index in [1.807, 2.05) is 24.3 Å². The molecule has 3 N–H and O–H groups in total. The minimum atomic E-state index is -0.334. The number of aromatic nitrogens is 1. The Morgan fingerprint density at radius 2 is 1.89 bits per heavy atom. The molecule has 0 atom stereocenters. The van der Waals surface area contributed by atoms with Crippen LogP contribution >= 0.6 is 11.6 Å². The van der Waals surface area contributed by atoms with E-state index in [1.54, 1.807) is 23.1 Å². The number of carbonyl (C=O) groups is 3. The van der Waals surface area contributed by atoms with Crippen molar-refractivity contribution in [3.8, 4) is 5.88 Å². The van der Waals surface area contributed by atoms with Crippen molar-refractivity contribution < 1.29 is 19.5 Å². The topological polar surface area (TPSA) is 118 Å². The second-order valence-corrected chi connectivity index (χ2v) is 8.79. The standard InChI is InChI=1S/C25H24ClN5O4/c26-14-20(32)31-11-9-30(10-12-31)8-7-27-24(34)15-5-6-19-17(13-15)23(33)22(28-19)21-16-3-1-2-4-18(16)29-25(21)35/h1-6,13,29,35H,7-12,14H2,(H,27,34). The minimum Gasteiger partial charge on any atom is -0.494 e. The Morgan fingerprint density at radius 3 is 2.66 bits per heavy atom. The molecule has 1 fully saturated rings. The van der Waals surface area contributed by atoms with Crippen LogP contribution in [0.15, 0.2) is 47.5 Å². The SMILES string of the molecule is O=C(NCCN1CCN(C(=O)CCl)CC1)c1ccc2c(c1)C(=O)C(c1c(O)[nH]c3ccccc13)=N2. The van der Waals surface area contributed by atoms with Crippen LogP contribution in [0.25, 0.3) is 10.9 Å². The van der Waals surface area contributed by atoms with Crippen molar-refractivity contribution in [2.45, 2.75) is 0 Å². The molecule has 9 nitrogen and oxygen atoms in total. The summed E-state index contributed by atoms with van der Waals surface area (Å²) in [6.07, 6.45) is 0. The molecule has 0 spiro atoms. The Labute approximate surface area is 206 Å². The molecular weight excluding hydrogens is 470 g/mol. The van der Waals surface area contributed by atoms with E-state index in [1.165, 1.54) is 0 Å². The van der Waals surface area contributed by atoms with Gasteiger partial charge in [-0.05, 0) is 24.3 Å². The second-order valence-electron chi connectivity index (χ2n) is 8.53. The highest BCUT2D eigenvalue weighted by Crippen LogP contribution is 2.35. The fourth-order valence-corrected chi connectivity index (χ4v) is 4.70. The predicted octanol–water partition coefficient (Wildman–Crippen LogP) is 2.30. The van der Waals surface area contributed by atoms with Gasteiger partial charge in [0, 0.05) is 55.7 Å². The number of para-hydroxylation sites is 1. The first-order valence-corrected chi connectivity index (χ1v) is 11.9. The molecule has 0 unspecified atom stereocenters. The van der Waals surface area contributed by atoms with Crippen molar-refractivity contribution in [1.29, 1.82) is 0 Å². The lowest BCUT2D eigenvalue weighted by Gasteiger charge is -2.34. The van der Waals surface area contributed by atoms with Gasteiger partial charge in [0.15, 0.2) is 5.88 Å². The highest BCUT2D eigenvalue weighted by molar-refractivity contribution is 6.56. The van der Waals surface area contributed by atoms with E-state index in [9.17, 15) is 19.5 Å². The number of nitrogens with zero attached hydrogens (tertiary/aromatic N) is 3. The van der Waals surface area contributed by atoms with Gasteiger partial charge in [0.05, 0.1) is 16.8 Å². The van der Waals surface area contributed by atoms with Crippen LogP contribution in [0.2, 0.25) is 0 Å². The molecule has 0 saturated carbocycles. The lowest BCUT2D eigenvalue weighted by atomic mass is 10.00. The predicted molar refractivity (Wildman–Crippen MR) is 133 cm³/mol. The molecule has 0 bridgehead atoms. The van der Waals surface area contributed by atoms with Crippen LogP contribution in [-0.4, -0.2) is 88.3 Å². The number of aromatic hydroxyl groups is 1. The highest BCUT2D eigenvalue weighted by Gasteiger charge is 2.31. The van der Waals surface area contributed by atoms with Crippen LogP contribution in [0, 0.1) is 0 Å². The van der Waals surface area contributed by atoms with Crippen LogP contribution in [0.1, 0.15) is 26.3 Å². The smallest absolute Gasteiger partial charge is 0.251 e. The van der Waals surface area contributed by atoms with Crippen molar-refractivity contribution in [3.63, 3.8) is 0 Å². The molecule has 0 aliphatic carbocycles. The molecule has 1 aromatic heterocycles. The number of aromatic amines is 1. The molecule has 1 saturated heterocycles. The Hall–Kier alpha value is -3.69. The van der Waals surface area contributed by atoms with Crippen molar-refractivity contribution in [2.75, 3.05) is 45.1 Å². The summed E-state index contributed by atoms with van der Waals surface area (Å²) in [7, 11) is 0. The van der Waals surface area contributed by atoms with Crippen molar-refractivity contribution in [1.82, 2.24) is 20.1 Å². The summed E-state index contributed by atoms with van der Waals surface area (Å²) in [6.45, 7) is 3.81. The average Bonchev–Trinajstić information content (AvgIpc) is 3.38. The number of ketones is 1.